The van der Waals surface area contributed by atoms with Crippen molar-refractivity contribution in [3.63, 3.8) is 0 Å². The van der Waals surface area contributed by atoms with Crippen molar-refractivity contribution in [2.45, 2.75) is 0 Å². The highest BCUT2D eigenvalue weighted by Crippen LogP contribution is 2.11. The topological polar surface area (TPSA) is 67.3 Å². The lowest BCUT2D eigenvalue weighted by atomic mass is 10.2. The quantitative estimate of drug-likeness (QED) is 0.751. The number of rotatable bonds is 4. The smallest absolute Gasteiger partial charge is 0.256 e. The van der Waals surface area contributed by atoms with E-state index in [0.29, 0.717) is 0 Å². The number of hydrogen-bond acceptors (Lipinski definition) is 4. The molecule has 0 unspecified atom stereocenters. The monoisotopic (exact) mass is 278 g/mol. The van der Waals surface area contributed by atoms with E-state index in [0.717, 1.165) is 23.4 Å². The fourth-order valence-electron chi connectivity index (χ4n) is 1.19. The summed E-state index contributed by atoms with van der Waals surface area (Å²) < 4.78 is 48.0. The number of hydrogen-bond donors (Lipinski definition) is 0. The van der Waals surface area contributed by atoms with Crippen LogP contribution < -0.4 is 0 Å². The van der Waals surface area contributed by atoms with Crippen molar-refractivity contribution in [3.05, 3.63) is 29.6 Å². The Morgan fingerprint density at radius 3 is 2.61 bits per heavy atom. The van der Waals surface area contributed by atoms with Gasteiger partial charge in [0.05, 0.1) is 11.3 Å². The summed E-state index contributed by atoms with van der Waals surface area (Å²) >= 11 is 0. The number of carbonyl (C=O) groups is 1. The molecule has 0 aliphatic carbocycles. The third-order valence-electron chi connectivity index (χ3n) is 2.22. The van der Waals surface area contributed by atoms with E-state index >= 15 is 0 Å². The molecule has 0 aliphatic rings. The largest absolute Gasteiger partial charge is 0.341 e. The third-order valence-corrected chi connectivity index (χ3v) is 3.15. The maximum atomic E-state index is 13.3. The molecular weight excluding hydrogens is 266 g/mol. The molecular formula is C10H12F2N2O3S. The van der Waals surface area contributed by atoms with Gasteiger partial charge in [-0.25, -0.2) is 17.8 Å². The van der Waals surface area contributed by atoms with Gasteiger partial charge in [-0.05, 0) is 6.07 Å². The number of carbonyl (C=O) groups excluding carboxylic acids is 1. The minimum absolute atomic E-state index is 0.0962. The van der Waals surface area contributed by atoms with Crippen LogP contribution in [0.15, 0.2) is 12.3 Å². The van der Waals surface area contributed by atoms with Crippen molar-refractivity contribution in [1.29, 1.82) is 0 Å². The summed E-state index contributed by atoms with van der Waals surface area (Å²) in [5.41, 5.74) is -0.474. The van der Waals surface area contributed by atoms with Crippen LogP contribution in [0.4, 0.5) is 8.78 Å². The number of amides is 1. The predicted molar refractivity (Wildman–Crippen MR) is 60.8 cm³/mol. The van der Waals surface area contributed by atoms with E-state index < -0.39 is 33.1 Å². The van der Waals surface area contributed by atoms with Crippen LogP contribution in [-0.2, 0) is 9.84 Å². The first-order chi connectivity index (χ1) is 8.22. The number of halogens is 2. The van der Waals surface area contributed by atoms with Gasteiger partial charge in [0, 0.05) is 26.0 Å². The van der Waals surface area contributed by atoms with Crippen molar-refractivity contribution in [3.8, 4) is 0 Å². The summed E-state index contributed by atoms with van der Waals surface area (Å²) in [4.78, 5) is 15.8. The Hall–Kier alpha value is -1.57. The number of aromatic nitrogens is 1. The van der Waals surface area contributed by atoms with Crippen molar-refractivity contribution < 1.29 is 22.0 Å². The van der Waals surface area contributed by atoms with E-state index in [2.05, 4.69) is 4.98 Å². The highest BCUT2D eigenvalue weighted by atomic mass is 32.2. The number of sulfone groups is 1. The van der Waals surface area contributed by atoms with Crippen LogP contribution in [0.1, 0.15) is 10.4 Å². The molecule has 0 saturated heterocycles. The fraction of sp³-hybridized carbons (Fsp3) is 0.400. The van der Waals surface area contributed by atoms with E-state index in [4.69, 9.17) is 0 Å². The van der Waals surface area contributed by atoms with E-state index in [9.17, 15) is 22.0 Å². The molecule has 1 amide bonds. The molecule has 5 nitrogen and oxygen atoms in total. The first kappa shape index (κ1) is 14.5. The van der Waals surface area contributed by atoms with Crippen LogP contribution in [0, 0.1) is 11.8 Å². The molecule has 0 spiro atoms. The van der Waals surface area contributed by atoms with Crippen molar-refractivity contribution >= 4 is 15.7 Å². The molecule has 1 rings (SSSR count). The van der Waals surface area contributed by atoms with Gasteiger partial charge >= 0.3 is 0 Å². The molecule has 0 fully saturated rings. The highest BCUT2D eigenvalue weighted by Gasteiger charge is 2.20. The highest BCUT2D eigenvalue weighted by molar-refractivity contribution is 7.90. The van der Waals surface area contributed by atoms with Crippen molar-refractivity contribution in [1.82, 2.24) is 9.88 Å². The molecule has 18 heavy (non-hydrogen) atoms. The van der Waals surface area contributed by atoms with Crippen LogP contribution >= 0.6 is 0 Å². The van der Waals surface area contributed by atoms with Crippen molar-refractivity contribution in [2.24, 2.45) is 0 Å². The van der Waals surface area contributed by atoms with Gasteiger partial charge in [0.1, 0.15) is 9.84 Å². The van der Waals surface area contributed by atoms with Gasteiger partial charge in [-0.15, -0.1) is 0 Å². The van der Waals surface area contributed by atoms with E-state index in [-0.39, 0.29) is 12.3 Å². The van der Waals surface area contributed by atoms with Gasteiger partial charge in [-0.2, -0.15) is 4.39 Å². The van der Waals surface area contributed by atoms with Gasteiger partial charge < -0.3 is 4.90 Å². The summed E-state index contributed by atoms with van der Waals surface area (Å²) in [5, 5.41) is 0. The zero-order valence-corrected chi connectivity index (χ0v) is 10.7. The molecule has 1 heterocycles. The zero-order chi connectivity index (χ0) is 13.9. The maximum Gasteiger partial charge on any atom is 0.256 e. The second-order valence-corrected chi connectivity index (χ2v) is 6.08. The van der Waals surface area contributed by atoms with Gasteiger partial charge in [0.2, 0.25) is 5.95 Å². The van der Waals surface area contributed by atoms with Crippen LogP contribution in [0.3, 0.4) is 0 Å². The Morgan fingerprint density at radius 2 is 2.06 bits per heavy atom. The summed E-state index contributed by atoms with van der Waals surface area (Å²) in [7, 11) is -1.92. The van der Waals surface area contributed by atoms with Crippen LogP contribution in [0.5, 0.6) is 0 Å². The lowest BCUT2D eigenvalue weighted by Gasteiger charge is -2.16. The average Bonchev–Trinajstić information content (AvgIpc) is 2.28. The number of pyridine rings is 1. The summed E-state index contributed by atoms with van der Waals surface area (Å²) in [5.74, 6) is -3.74. The second kappa shape index (κ2) is 5.38. The minimum atomic E-state index is -3.23. The van der Waals surface area contributed by atoms with Crippen LogP contribution in [-0.4, -0.2) is 49.8 Å². The second-order valence-electron chi connectivity index (χ2n) is 3.82. The van der Waals surface area contributed by atoms with Gasteiger partial charge in [-0.1, -0.05) is 0 Å². The average molecular weight is 278 g/mol. The molecule has 1 aromatic heterocycles. The molecule has 0 aromatic carbocycles. The Labute approximate surface area is 103 Å². The molecule has 0 aliphatic heterocycles. The maximum absolute atomic E-state index is 13.3. The molecule has 100 valence electrons. The fourth-order valence-corrected chi connectivity index (χ4v) is 1.80. The minimum Gasteiger partial charge on any atom is -0.341 e. The first-order valence-corrected chi connectivity index (χ1v) is 7.01. The summed E-state index contributed by atoms with van der Waals surface area (Å²) in [6.07, 6.45) is 1.99. The molecule has 0 N–H and O–H groups in total. The third kappa shape index (κ3) is 3.73. The molecule has 0 atom stereocenters. The summed E-state index contributed by atoms with van der Waals surface area (Å²) in [6.45, 7) is -0.0962. The number of nitrogens with zero attached hydrogens (tertiary/aromatic N) is 2. The van der Waals surface area contributed by atoms with Gasteiger partial charge in [0.25, 0.3) is 5.91 Å². The lowest BCUT2D eigenvalue weighted by molar-refractivity contribution is 0.0797. The van der Waals surface area contributed by atoms with Crippen LogP contribution in [0.2, 0.25) is 0 Å². The lowest BCUT2D eigenvalue weighted by Crippen LogP contribution is -2.32. The molecule has 1 aromatic rings. The zero-order valence-electron chi connectivity index (χ0n) is 9.85. The Balaban J connectivity index is 2.84. The molecule has 0 radical (unpaired) electrons. The normalized spacial score (nSPS) is 11.3. The predicted octanol–water partition coefficient (Wildman–Crippen LogP) is 0.476. The van der Waals surface area contributed by atoms with Gasteiger partial charge in [0.15, 0.2) is 5.82 Å². The van der Waals surface area contributed by atoms with E-state index in [1.807, 2.05) is 0 Å². The van der Waals surface area contributed by atoms with E-state index in [1.54, 1.807) is 0 Å². The van der Waals surface area contributed by atoms with Crippen molar-refractivity contribution in [2.75, 3.05) is 25.6 Å². The van der Waals surface area contributed by atoms with E-state index in [1.165, 1.54) is 7.05 Å². The Bertz CT molecular complexity index is 560. The Morgan fingerprint density at radius 1 is 1.44 bits per heavy atom. The molecule has 0 bridgehead atoms. The molecule has 8 heteroatoms. The standard InChI is InChI=1S/C10H12F2N2O3S/c1-14(5-6-18(2,16)17)10(15)7-3-4-13-9(12)8(7)11/h3-4H,5-6H2,1-2H3. The van der Waals surface area contributed by atoms with Gasteiger partial charge in [-0.3, -0.25) is 4.79 Å². The summed E-state index contributed by atoms with van der Waals surface area (Å²) in [6, 6.07) is 1.04. The van der Waals surface area contributed by atoms with Crippen LogP contribution in [0.25, 0.3) is 0 Å². The Kier molecular flexibility index (Phi) is 4.33. The SMILES string of the molecule is CN(CCS(C)(=O)=O)C(=O)c1ccnc(F)c1F. The first-order valence-electron chi connectivity index (χ1n) is 4.95. The molecule has 0 saturated carbocycles.